The lowest BCUT2D eigenvalue weighted by Crippen LogP contribution is -2.56. The molecule has 0 spiro atoms. The fourth-order valence-electron chi connectivity index (χ4n) is 6.78. The molecular weight excluding hydrogens is 262 g/mol. The fraction of sp³-hybridized carbons (Fsp3) is 0.944. The first-order valence-electron chi connectivity index (χ1n) is 8.70. The first-order chi connectivity index (χ1) is 9.79. The second kappa shape index (κ2) is 4.97. The zero-order valence-corrected chi connectivity index (χ0v) is 13.9. The number of nitrogens with one attached hydrogen (secondary N) is 1. The van der Waals surface area contributed by atoms with Crippen LogP contribution in [0.3, 0.4) is 0 Å². The van der Waals surface area contributed by atoms with Crippen LogP contribution in [0.1, 0.15) is 72.1 Å². The number of rotatable bonds is 5. The van der Waals surface area contributed by atoms with Crippen molar-refractivity contribution in [1.29, 1.82) is 0 Å². The van der Waals surface area contributed by atoms with E-state index in [1.54, 1.807) is 0 Å². The minimum Gasteiger partial charge on any atom is -0.394 e. The van der Waals surface area contributed by atoms with E-state index in [0.717, 1.165) is 12.3 Å². The summed E-state index contributed by atoms with van der Waals surface area (Å²) in [5, 5.41) is 12.3. The summed E-state index contributed by atoms with van der Waals surface area (Å²) in [6.45, 7) is 6.96. The van der Waals surface area contributed by atoms with Crippen LogP contribution in [0, 0.1) is 22.2 Å². The van der Waals surface area contributed by atoms with E-state index in [1.165, 1.54) is 38.5 Å². The first kappa shape index (κ1) is 15.3. The van der Waals surface area contributed by atoms with Crippen LogP contribution >= 0.6 is 0 Å². The fourth-order valence-corrected chi connectivity index (χ4v) is 6.78. The average molecular weight is 293 g/mol. The number of hydrogen-bond acceptors (Lipinski definition) is 2. The molecule has 4 bridgehead atoms. The van der Waals surface area contributed by atoms with Gasteiger partial charge in [0.15, 0.2) is 0 Å². The predicted molar refractivity (Wildman–Crippen MR) is 83.8 cm³/mol. The lowest BCUT2D eigenvalue weighted by Gasteiger charge is -2.65. The average Bonchev–Trinajstić information content (AvgIpc) is 2.30. The minimum absolute atomic E-state index is 0.0489. The van der Waals surface area contributed by atoms with E-state index in [2.05, 4.69) is 19.2 Å². The summed E-state index contributed by atoms with van der Waals surface area (Å²) < 4.78 is 0. The van der Waals surface area contributed by atoms with Crippen LogP contribution in [-0.2, 0) is 4.79 Å². The molecule has 0 aromatic carbocycles. The smallest absolute Gasteiger partial charge is 0.220 e. The zero-order valence-electron chi connectivity index (χ0n) is 13.9. The normalized spacial score (nSPS) is 45.6. The molecule has 2 N–H and O–H groups in total. The van der Waals surface area contributed by atoms with E-state index in [4.69, 9.17) is 0 Å². The summed E-state index contributed by atoms with van der Waals surface area (Å²) in [7, 11) is 0. The van der Waals surface area contributed by atoms with Crippen molar-refractivity contribution in [3.8, 4) is 0 Å². The van der Waals surface area contributed by atoms with Crippen LogP contribution in [-0.4, -0.2) is 23.7 Å². The highest BCUT2D eigenvalue weighted by Gasteiger charge is 2.60. The summed E-state index contributed by atoms with van der Waals surface area (Å²) in [5.74, 6) is 0.994. The van der Waals surface area contributed by atoms with Gasteiger partial charge in [-0.15, -0.1) is 0 Å². The van der Waals surface area contributed by atoms with Crippen molar-refractivity contribution in [3.05, 3.63) is 0 Å². The lowest BCUT2D eigenvalue weighted by molar-refractivity contribution is -0.156. The molecule has 21 heavy (non-hydrogen) atoms. The number of aliphatic hydroxyl groups is 1. The maximum atomic E-state index is 12.4. The van der Waals surface area contributed by atoms with Crippen LogP contribution in [0.4, 0.5) is 0 Å². The molecule has 4 aliphatic rings. The first-order valence-corrected chi connectivity index (χ1v) is 8.70. The summed E-state index contributed by atoms with van der Waals surface area (Å²) in [5.41, 5.74) is 1.17. The summed E-state index contributed by atoms with van der Waals surface area (Å²) in [4.78, 5) is 12.4. The Labute approximate surface area is 128 Å². The SMILES string of the molecule is CC[C@H](CO)NC(=O)CC12CC3CC(C)(CC(C)(C3)C1)C2. The van der Waals surface area contributed by atoms with Gasteiger partial charge in [-0.1, -0.05) is 20.8 Å². The topological polar surface area (TPSA) is 49.3 Å². The molecule has 4 saturated carbocycles. The van der Waals surface area contributed by atoms with Gasteiger partial charge in [0.05, 0.1) is 12.6 Å². The Kier molecular flexibility index (Phi) is 3.63. The molecule has 3 nitrogen and oxygen atoms in total. The van der Waals surface area contributed by atoms with E-state index in [1.807, 2.05) is 6.92 Å². The zero-order chi connectivity index (χ0) is 15.3. The van der Waals surface area contributed by atoms with Gasteiger partial charge in [0, 0.05) is 6.42 Å². The minimum atomic E-state index is -0.0717. The Bertz CT molecular complexity index is 411. The van der Waals surface area contributed by atoms with E-state index in [9.17, 15) is 9.90 Å². The Morgan fingerprint density at radius 3 is 2.29 bits per heavy atom. The van der Waals surface area contributed by atoms with Crippen LogP contribution in [0.5, 0.6) is 0 Å². The third-order valence-corrected chi connectivity index (χ3v) is 6.36. The molecule has 0 saturated heterocycles. The highest BCUT2D eigenvalue weighted by molar-refractivity contribution is 5.77. The Morgan fingerprint density at radius 2 is 1.81 bits per heavy atom. The van der Waals surface area contributed by atoms with Gasteiger partial charge < -0.3 is 10.4 Å². The molecule has 4 rings (SSSR count). The molecule has 3 atom stereocenters. The van der Waals surface area contributed by atoms with Crippen molar-refractivity contribution in [2.24, 2.45) is 22.2 Å². The third kappa shape index (κ3) is 2.86. The van der Waals surface area contributed by atoms with Gasteiger partial charge in [0.2, 0.25) is 5.91 Å². The van der Waals surface area contributed by atoms with Gasteiger partial charge in [-0.2, -0.15) is 0 Å². The summed E-state index contributed by atoms with van der Waals surface area (Å²) in [6.07, 6.45) is 9.29. The molecule has 0 aliphatic heterocycles. The van der Waals surface area contributed by atoms with Crippen LogP contribution in [0.15, 0.2) is 0 Å². The monoisotopic (exact) mass is 293 g/mol. The molecular formula is C18H31NO2. The van der Waals surface area contributed by atoms with Crippen molar-refractivity contribution in [2.75, 3.05) is 6.61 Å². The molecule has 0 radical (unpaired) electrons. The molecule has 0 aromatic rings. The van der Waals surface area contributed by atoms with E-state index < -0.39 is 0 Å². The van der Waals surface area contributed by atoms with E-state index in [0.29, 0.717) is 17.3 Å². The lowest BCUT2D eigenvalue weighted by atomic mass is 9.40. The maximum absolute atomic E-state index is 12.4. The predicted octanol–water partition coefficient (Wildman–Crippen LogP) is 3.26. The van der Waals surface area contributed by atoms with Crippen molar-refractivity contribution >= 4 is 5.91 Å². The Morgan fingerprint density at radius 1 is 1.19 bits per heavy atom. The van der Waals surface area contributed by atoms with Crippen LogP contribution in [0.2, 0.25) is 0 Å². The molecule has 0 heterocycles. The largest absolute Gasteiger partial charge is 0.394 e. The van der Waals surface area contributed by atoms with Gasteiger partial charge in [-0.3, -0.25) is 4.79 Å². The standard InChI is InChI=1S/C18H31NO2/c1-4-14(9-20)19-15(21)8-18-7-13-5-16(2,11-18)10-17(3,6-13)12-18/h13-14,20H,4-12H2,1-3H3,(H,19,21)/t13?,14-,16?,17?,18?/m1/s1. The van der Waals surface area contributed by atoms with Crippen molar-refractivity contribution in [3.63, 3.8) is 0 Å². The van der Waals surface area contributed by atoms with Crippen LogP contribution in [0.25, 0.3) is 0 Å². The number of hydrogen-bond donors (Lipinski definition) is 2. The third-order valence-electron chi connectivity index (χ3n) is 6.36. The van der Waals surface area contributed by atoms with E-state index >= 15 is 0 Å². The molecule has 3 heteroatoms. The van der Waals surface area contributed by atoms with Crippen molar-refractivity contribution in [1.82, 2.24) is 5.32 Å². The highest BCUT2D eigenvalue weighted by atomic mass is 16.3. The van der Waals surface area contributed by atoms with Gasteiger partial charge in [-0.05, 0) is 67.1 Å². The number of aliphatic hydroxyl groups excluding tert-OH is 1. The summed E-state index contributed by atoms with van der Waals surface area (Å²) >= 11 is 0. The summed E-state index contributed by atoms with van der Waals surface area (Å²) in [6, 6.07) is -0.0717. The van der Waals surface area contributed by atoms with E-state index in [-0.39, 0.29) is 24.0 Å². The van der Waals surface area contributed by atoms with Gasteiger partial charge >= 0.3 is 0 Å². The second-order valence-electron chi connectivity index (χ2n) is 9.16. The van der Waals surface area contributed by atoms with Gasteiger partial charge in [0.1, 0.15) is 0 Å². The van der Waals surface area contributed by atoms with Crippen molar-refractivity contribution < 1.29 is 9.90 Å². The molecule has 0 aromatic heterocycles. The number of carbonyl (C=O) groups is 1. The number of carbonyl (C=O) groups excluding carboxylic acids is 1. The van der Waals surface area contributed by atoms with Crippen molar-refractivity contribution in [2.45, 2.75) is 78.2 Å². The second-order valence-corrected chi connectivity index (χ2v) is 9.16. The number of amides is 1. The van der Waals surface area contributed by atoms with Crippen LogP contribution < -0.4 is 5.32 Å². The Hall–Kier alpha value is -0.570. The molecule has 4 fully saturated rings. The maximum Gasteiger partial charge on any atom is 0.220 e. The van der Waals surface area contributed by atoms with Gasteiger partial charge in [0.25, 0.3) is 0 Å². The molecule has 1 amide bonds. The molecule has 120 valence electrons. The van der Waals surface area contributed by atoms with Gasteiger partial charge in [-0.25, -0.2) is 0 Å². The quantitative estimate of drug-likeness (QED) is 0.817. The molecule has 4 aliphatic carbocycles. The Balaban J connectivity index is 1.71. The molecule has 2 unspecified atom stereocenters. The highest BCUT2D eigenvalue weighted by Crippen LogP contribution is 2.70.